The SMILES string of the molecule is CCC(CCNS(=O)(=O)NC(=O)OC(C)C)CCC(=O)O. The molecule has 0 fully saturated rings. The Balaban J connectivity index is 4.12. The first-order chi connectivity index (χ1) is 9.66. The van der Waals surface area contributed by atoms with Crippen molar-refractivity contribution >= 4 is 22.3 Å². The van der Waals surface area contributed by atoms with Crippen molar-refractivity contribution in [2.24, 2.45) is 5.92 Å². The Hall–Kier alpha value is -1.35. The second-order valence-electron chi connectivity index (χ2n) is 4.95. The average molecular weight is 324 g/mol. The first-order valence-corrected chi connectivity index (χ1v) is 8.34. The lowest BCUT2D eigenvalue weighted by atomic mass is 9.97. The van der Waals surface area contributed by atoms with E-state index in [4.69, 9.17) is 5.11 Å². The molecule has 8 nitrogen and oxygen atoms in total. The molecule has 0 radical (unpaired) electrons. The Bertz CT molecular complexity index is 435. The summed E-state index contributed by atoms with van der Waals surface area (Å²) in [6.45, 7) is 5.25. The normalized spacial score (nSPS) is 13.0. The van der Waals surface area contributed by atoms with Gasteiger partial charge in [0.05, 0.1) is 6.10 Å². The number of carboxylic acids is 1. The van der Waals surface area contributed by atoms with Crippen molar-refractivity contribution in [1.29, 1.82) is 0 Å². The molecular weight excluding hydrogens is 300 g/mol. The molecule has 1 unspecified atom stereocenters. The van der Waals surface area contributed by atoms with Crippen LogP contribution < -0.4 is 9.44 Å². The molecule has 0 saturated carbocycles. The summed E-state index contributed by atoms with van der Waals surface area (Å²) in [7, 11) is -3.95. The van der Waals surface area contributed by atoms with Crippen LogP contribution in [0.25, 0.3) is 0 Å². The maximum atomic E-state index is 11.5. The maximum Gasteiger partial charge on any atom is 0.422 e. The predicted octanol–water partition coefficient (Wildman–Crippen LogP) is 1.24. The van der Waals surface area contributed by atoms with E-state index >= 15 is 0 Å². The van der Waals surface area contributed by atoms with Crippen LogP contribution in [0, 0.1) is 5.92 Å². The van der Waals surface area contributed by atoms with Crippen molar-refractivity contribution in [2.45, 2.75) is 52.6 Å². The third kappa shape index (κ3) is 11.0. The molecule has 0 heterocycles. The van der Waals surface area contributed by atoms with Gasteiger partial charge >= 0.3 is 22.3 Å². The molecule has 1 amide bonds. The molecule has 1 atom stereocenters. The summed E-state index contributed by atoms with van der Waals surface area (Å²) >= 11 is 0. The van der Waals surface area contributed by atoms with Crippen LogP contribution in [-0.4, -0.2) is 38.2 Å². The smallest absolute Gasteiger partial charge is 0.422 e. The summed E-state index contributed by atoms with van der Waals surface area (Å²) in [6, 6.07) is 0. The molecule has 0 aliphatic carbocycles. The van der Waals surface area contributed by atoms with Crippen molar-refractivity contribution in [3.8, 4) is 0 Å². The second kappa shape index (κ2) is 9.56. The largest absolute Gasteiger partial charge is 0.481 e. The lowest BCUT2D eigenvalue weighted by Crippen LogP contribution is -2.41. The van der Waals surface area contributed by atoms with Crippen molar-refractivity contribution in [2.75, 3.05) is 6.54 Å². The van der Waals surface area contributed by atoms with Gasteiger partial charge in [0.25, 0.3) is 0 Å². The number of rotatable bonds is 10. The van der Waals surface area contributed by atoms with Crippen molar-refractivity contribution < 1.29 is 27.9 Å². The van der Waals surface area contributed by atoms with Crippen LogP contribution in [0.3, 0.4) is 0 Å². The van der Waals surface area contributed by atoms with Gasteiger partial charge in [0, 0.05) is 13.0 Å². The summed E-state index contributed by atoms with van der Waals surface area (Å²) in [6.07, 6.45) is 0.374. The summed E-state index contributed by atoms with van der Waals surface area (Å²) in [5, 5.41) is 8.61. The van der Waals surface area contributed by atoms with Gasteiger partial charge in [0.2, 0.25) is 0 Å². The van der Waals surface area contributed by atoms with Crippen LogP contribution in [-0.2, 0) is 19.7 Å². The number of carboxylic acid groups (broad SMARTS) is 1. The van der Waals surface area contributed by atoms with Crippen LogP contribution in [0.4, 0.5) is 4.79 Å². The van der Waals surface area contributed by atoms with Gasteiger partial charge in [0.15, 0.2) is 0 Å². The Kier molecular flexibility index (Phi) is 8.95. The monoisotopic (exact) mass is 324 g/mol. The average Bonchev–Trinajstić information content (AvgIpc) is 2.31. The Morgan fingerprint density at radius 2 is 1.86 bits per heavy atom. The van der Waals surface area contributed by atoms with Crippen molar-refractivity contribution in [3.05, 3.63) is 0 Å². The predicted molar refractivity (Wildman–Crippen MR) is 76.9 cm³/mol. The Morgan fingerprint density at radius 3 is 2.33 bits per heavy atom. The van der Waals surface area contributed by atoms with Crippen molar-refractivity contribution in [1.82, 2.24) is 9.44 Å². The van der Waals surface area contributed by atoms with E-state index in [9.17, 15) is 18.0 Å². The molecular formula is C12H24N2O6S. The summed E-state index contributed by atoms with van der Waals surface area (Å²) in [5.41, 5.74) is 0. The van der Waals surface area contributed by atoms with Crippen LogP contribution in [0.5, 0.6) is 0 Å². The first kappa shape index (κ1) is 19.7. The molecule has 0 saturated heterocycles. The van der Waals surface area contributed by atoms with Gasteiger partial charge in [-0.25, -0.2) is 9.52 Å². The summed E-state index contributed by atoms with van der Waals surface area (Å²) in [5.74, 6) is -0.751. The number of aliphatic carboxylic acids is 1. The van der Waals surface area contributed by atoms with E-state index in [2.05, 4.69) is 9.46 Å². The number of carbonyl (C=O) groups excluding carboxylic acids is 1. The maximum absolute atomic E-state index is 11.5. The van der Waals surface area contributed by atoms with Crippen LogP contribution in [0.1, 0.15) is 46.5 Å². The van der Waals surface area contributed by atoms with Gasteiger partial charge in [-0.05, 0) is 32.6 Å². The molecule has 0 aromatic rings. The van der Waals surface area contributed by atoms with Crippen LogP contribution in [0.2, 0.25) is 0 Å². The highest BCUT2D eigenvalue weighted by Crippen LogP contribution is 2.14. The van der Waals surface area contributed by atoms with E-state index in [-0.39, 0.29) is 18.9 Å². The third-order valence-corrected chi connectivity index (χ3v) is 3.77. The fourth-order valence-corrected chi connectivity index (χ4v) is 2.39. The molecule has 3 N–H and O–H groups in total. The fraction of sp³-hybridized carbons (Fsp3) is 0.833. The van der Waals surface area contributed by atoms with Gasteiger partial charge in [0.1, 0.15) is 0 Å². The molecule has 0 rings (SSSR count). The van der Waals surface area contributed by atoms with E-state index in [1.54, 1.807) is 18.6 Å². The number of ether oxygens (including phenoxy) is 1. The van der Waals surface area contributed by atoms with Gasteiger partial charge in [-0.3, -0.25) is 4.79 Å². The fourth-order valence-electron chi connectivity index (χ4n) is 1.66. The van der Waals surface area contributed by atoms with Crippen LogP contribution >= 0.6 is 0 Å². The topological polar surface area (TPSA) is 122 Å². The quantitative estimate of drug-likeness (QED) is 0.556. The highest BCUT2D eigenvalue weighted by molar-refractivity contribution is 7.88. The third-order valence-electron chi connectivity index (χ3n) is 2.75. The lowest BCUT2D eigenvalue weighted by Gasteiger charge is -2.14. The second-order valence-corrected chi connectivity index (χ2v) is 6.45. The molecule has 0 spiro atoms. The molecule has 124 valence electrons. The Morgan fingerprint density at radius 1 is 1.24 bits per heavy atom. The number of amides is 1. The Labute approximate surface area is 125 Å². The van der Waals surface area contributed by atoms with Gasteiger partial charge in [-0.15, -0.1) is 0 Å². The summed E-state index contributed by atoms with van der Waals surface area (Å²) < 4.78 is 31.7. The van der Waals surface area contributed by atoms with E-state index in [0.717, 1.165) is 6.42 Å². The van der Waals surface area contributed by atoms with E-state index in [1.807, 2.05) is 6.92 Å². The number of hydrogen-bond acceptors (Lipinski definition) is 5. The standard InChI is InChI=1S/C12H24N2O6S/c1-4-10(5-6-11(15)16)7-8-13-21(18,19)14-12(17)20-9(2)3/h9-10,13H,4-8H2,1-3H3,(H,14,17)(H,15,16). The molecule has 0 aromatic heterocycles. The molecule has 0 bridgehead atoms. The van der Waals surface area contributed by atoms with Crippen LogP contribution in [0.15, 0.2) is 0 Å². The summed E-state index contributed by atoms with van der Waals surface area (Å²) in [4.78, 5) is 21.7. The number of hydrogen-bond donors (Lipinski definition) is 3. The van der Waals surface area contributed by atoms with Gasteiger partial charge in [-0.2, -0.15) is 13.1 Å². The molecule has 0 aliphatic heterocycles. The number of nitrogens with one attached hydrogen (secondary N) is 2. The lowest BCUT2D eigenvalue weighted by molar-refractivity contribution is -0.137. The zero-order chi connectivity index (χ0) is 16.5. The molecule has 9 heteroatoms. The van der Waals surface area contributed by atoms with Gasteiger partial charge in [-0.1, -0.05) is 13.3 Å². The molecule has 21 heavy (non-hydrogen) atoms. The van der Waals surface area contributed by atoms with Crippen molar-refractivity contribution in [3.63, 3.8) is 0 Å². The number of carbonyl (C=O) groups is 2. The van der Waals surface area contributed by atoms with E-state index in [0.29, 0.717) is 12.8 Å². The van der Waals surface area contributed by atoms with Gasteiger partial charge < -0.3 is 9.84 Å². The molecule has 0 aromatic carbocycles. The highest BCUT2D eigenvalue weighted by Gasteiger charge is 2.16. The first-order valence-electron chi connectivity index (χ1n) is 6.86. The zero-order valence-corrected chi connectivity index (χ0v) is 13.4. The minimum atomic E-state index is -3.95. The molecule has 0 aliphatic rings. The minimum absolute atomic E-state index is 0.0597. The zero-order valence-electron chi connectivity index (χ0n) is 12.6. The van der Waals surface area contributed by atoms with E-state index < -0.39 is 28.4 Å². The minimum Gasteiger partial charge on any atom is -0.481 e. The van der Waals surface area contributed by atoms with E-state index in [1.165, 1.54) is 0 Å². The highest BCUT2D eigenvalue weighted by atomic mass is 32.2.